The average Bonchev–Trinajstić information content (AvgIpc) is 2.38. The smallest absolute Gasteiger partial charge is 0.321 e. The lowest BCUT2D eigenvalue weighted by molar-refractivity contribution is -0.139. The molecule has 0 heterocycles. The second-order valence-corrected chi connectivity index (χ2v) is 7.88. The maximum Gasteiger partial charge on any atom is 0.321 e. The fourth-order valence-corrected chi connectivity index (χ4v) is 4.13. The molecule has 0 aliphatic rings. The molecule has 1 atom stereocenters. The Morgan fingerprint density at radius 1 is 1.29 bits per heavy atom. The highest BCUT2D eigenvalue weighted by atomic mass is 35.5. The third-order valence-corrected chi connectivity index (χ3v) is 5.77. The highest BCUT2D eigenvalue weighted by Crippen LogP contribution is 2.31. The number of thioether (sulfide) groups is 1. The van der Waals surface area contributed by atoms with Gasteiger partial charge in [-0.2, -0.15) is 16.5 Å². The molecule has 1 rings (SSSR count). The molecule has 0 aromatic heterocycles. The number of hydrogen-bond acceptors (Lipinski definition) is 4. The predicted octanol–water partition coefficient (Wildman–Crippen LogP) is 3.13. The molecule has 0 saturated heterocycles. The quantitative estimate of drug-likeness (QED) is 0.697. The number of benzene rings is 1. The van der Waals surface area contributed by atoms with Crippen LogP contribution in [0.2, 0.25) is 15.1 Å². The molecule has 0 aliphatic heterocycles. The van der Waals surface area contributed by atoms with Gasteiger partial charge in [-0.3, -0.25) is 4.79 Å². The van der Waals surface area contributed by atoms with Crippen molar-refractivity contribution in [2.24, 2.45) is 0 Å². The van der Waals surface area contributed by atoms with Gasteiger partial charge in [0.1, 0.15) is 10.9 Å². The highest BCUT2D eigenvalue weighted by Gasteiger charge is 2.27. The van der Waals surface area contributed by atoms with Gasteiger partial charge >= 0.3 is 5.97 Å². The van der Waals surface area contributed by atoms with Crippen molar-refractivity contribution < 1.29 is 18.3 Å². The monoisotopic (exact) mass is 391 g/mol. The number of carboxylic acids is 1. The molecule has 0 radical (unpaired) electrons. The molecule has 0 saturated carbocycles. The lowest BCUT2D eigenvalue weighted by atomic mass is 10.2. The number of carboxylic acid groups (broad SMARTS) is 1. The third-order valence-electron chi connectivity index (χ3n) is 2.47. The molecule has 118 valence electrons. The zero-order valence-corrected chi connectivity index (χ0v) is 14.7. The molecule has 10 heteroatoms. The van der Waals surface area contributed by atoms with Crippen molar-refractivity contribution in [2.75, 3.05) is 12.0 Å². The first-order valence-corrected chi connectivity index (χ1v) is 9.58. The van der Waals surface area contributed by atoms with E-state index in [4.69, 9.17) is 39.9 Å². The SMILES string of the molecule is CSCC[C@@H](NS(=O)(=O)c1cc(Cl)c(Cl)cc1Cl)C(=O)O. The summed E-state index contributed by atoms with van der Waals surface area (Å²) in [5.74, 6) is -0.766. The van der Waals surface area contributed by atoms with Gasteiger partial charge < -0.3 is 5.11 Å². The van der Waals surface area contributed by atoms with Gasteiger partial charge in [-0.05, 0) is 30.6 Å². The number of sulfonamides is 1. The maximum atomic E-state index is 12.2. The van der Waals surface area contributed by atoms with E-state index in [2.05, 4.69) is 4.72 Å². The van der Waals surface area contributed by atoms with Gasteiger partial charge in [-0.25, -0.2) is 8.42 Å². The molecule has 0 aliphatic carbocycles. The number of rotatable bonds is 7. The molecular weight excluding hydrogens is 381 g/mol. The molecule has 0 spiro atoms. The molecule has 1 aromatic rings. The van der Waals surface area contributed by atoms with Crippen LogP contribution in [0.3, 0.4) is 0 Å². The fraction of sp³-hybridized carbons (Fsp3) is 0.364. The lowest BCUT2D eigenvalue weighted by Crippen LogP contribution is -2.41. The Morgan fingerprint density at radius 3 is 2.38 bits per heavy atom. The summed E-state index contributed by atoms with van der Waals surface area (Å²) >= 11 is 18.8. The second-order valence-electron chi connectivity index (χ2n) is 3.99. The van der Waals surface area contributed by atoms with Crippen LogP contribution in [0.25, 0.3) is 0 Å². The van der Waals surface area contributed by atoms with Gasteiger partial charge in [-0.1, -0.05) is 34.8 Å². The van der Waals surface area contributed by atoms with Crippen molar-refractivity contribution in [2.45, 2.75) is 17.4 Å². The summed E-state index contributed by atoms with van der Waals surface area (Å²) in [6.07, 6.45) is 1.94. The van der Waals surface area contributed by atoms with Crippen molar-refractivity contribution in [3.63, 3.8) is 0 Å². The Balaban J connectivity index is 3.10. The van der Waals surface area contributed by atoms with E-state index in [1.165, 1.54) is 17.8 Å². The van der Waals surface area contributed by atoms with E-state index in [1.807, 2.05) is 0 Å². The Hall–Kier alpha value is -0.180. The Morgan fingerprint density at radius 2 is 1.86 bits per heavy atom. The number of carbonyl (C=O) groups is 1. The number of nitrogens with one attached hydrogen (secondary N) is 1. The zero-order chi connectivity index (χ0) is 16.2. The van der Waals surface area contributed by atoms with Gasteiger partial charge in [-0.15, -0.1) is 0 Å². The summed E-state index contributed by atoms with van der Waals surface area (Å²) in [5, 5.41) is 9.05. The molecule has 5 nitrogen and oxygen atoms in total. The van der Waals surface area contributed by atoms with E-state index in [0.29, 0.717) is 5.75 Å². The van der Waals surface area contributed by atoms with E-state index in [-0.39, 0.29) is 26.4 Å². The Bertz CT molecular complexity index is 637. The van der Waals surface area contributed by atoms with Crippen LogP contribution in [0.1, 0.15) is 6.42 Å². The summed E-state index contributed by atoms with van der Waals surface area (Å²) in [7, 11) is -4.12. The van der Waals surface area contributed by atoms with Crippen molar-refractivity contribution in [1.82, 2.24) is 4.72 Å². The standard InChI is InChI=1S/C11H12Cl3NO4S2/c1-20-3-2-9(11(16)17)15-21(18,19)10-5-7(13)6(12)4-8(10)14/h4-5,9,15H,2-3H2,1H3,(H,16,17)/t9-/m1/s1. The Kier molecular flexibility index (Phi) is 7.09. The molecule has 2 N–H and O–H groups in total. The van der Waals surface area contributed by atoms with Crippen molar-refractivity contribution in [3.8, 4) is 0 Å². The normalized spacial score (nSPS) is 13.1. The highest BCUT2D eigenvalue weighted by molar-refractivity contribution is 7.98. The first-order valence-electron chi connectivity index (χ1n) is 5.57. The van der Waals surface area contributed by atoms with Crippen LogP contribution < -0.4 is 4.72 Å². The second kappa shape index (κ2) is 7.89. The van der Waals surface area contributed by atoms with Crippen LogP contribution in [0.5, 0.6) is 0 Å². The third kappa shape index (κ3) is 5.19. The van der Waals surface area contributed by atoms with E-state index >= 15 is 0 Å². The summed E-state index contributed by atoms with van der Waals surface area (Å²) in [6.45, 7) is 0. The van der Waals surface area contributed by atoms with E-state index in [9.17, 15) is 13.2 Å². The lowest BCUT2D eigenvalue weighted by Gasteiger charge is -2.15. The predicted molar refractivity (Wildman–Crippen MR) is 86.2 cm³/mol. The summed E-state index contributed by atoms with van der Waals surface area (Å²) < 4.78 is 26.6. The summed E-state index contributed by atoms with van der Waals surface area (Å²) in [6, 6.07) is 1.03. The van der Waals surface area contributed by atoms with Crippen molar-refractivity contribution >= 4 is 62.6 Å². The van der Waals surface area contributed by atoms with Crippen LogP contribution in [0, 0.1) is 0 Å². The van der Waals surface area contributed by atoms with Gasteiger partial charge in [0, 0.05) is 0 Å². The zero-order valence-electron chi connectivity index (χ0n) is 10.8. The van der Waals surface area contributed by atoms with E-state index in [1.54, 1.807) is 6.26 Å². The molecule has 0 amide bonds. The van der Waals surface area contributed by atoms with Gasteiger partial charge in [0.05, 0.1) is 15.1 Å². The van der Waals surface area contributed by atoms with Gasteiger partial charge in [0.2, 0.25) is 10.0 Å². The Labute approximate surface area is 142 Å². The van der Waals surface area contributed by atoms with Crippen molar-refractivity contribution in [3.05, 3.63) is 27.2 Å². The minimum absolute atomic E-state index is 0.0115. The molecule has 0 fully saturated rings. The van der Waals surface area contributed by atoms with Gasteiger partial charge in [0.25, 0.3) is 0 Å². The summed E-state index contributed by atoms with van der Waals surface area (Å²) in [5.41, 5.74) is 0. The molecule has 1 aromatic carbocycles. The van der Waals surface area contributed by atoms with E-state index < -0.39 is 22.0 Å². The number of hydrogen-bond donors (Lipinski definition) is 2. The van der Waals surface area contributed by atoms with Crippen LogP contribution in [-0.2, 0) is 14.8 Å². The number of aliphatic carboxylic acids is 1. The van der Waals surface area contributed by atoms with Crippen LogP contribution >= 0.6 is 46.6 Å². The van der Waals surface area contributed by atoms with Crippen molar-refractivity contribution in [1.29, 1.82) is 0 Å². The topological polar surface area (TPSA) is 83.5 Å². The largest absolute Gasteiger partial charge is 0.480 e. The average molecular weight is 393 g/mol. The first kappa shape index (κ1) is 18.9. The number of halogens is 3. The summed E-state index contributed by atoms with van der Waals surface area (Å²) in [4.78, 5) is 10.8. The van der Waals surface area contributed by atoms with Gasteiger partial charge in [0.15, 0.2) is 0 Å². The minimum atomic E-state index is -4.12. The molecule has 0 unspecified atom stereocenters. The first-order chi connectivity index (χ1) is 9.69. The van der Waals surface area contributed by atoms with E-state index in [0.717, 1.165) is 6.07 Å². The molecular formula is C11H12Cl3NO4S2. The van der Waals surface area contributed by atoms with Crippen LogP contribution in [-0.4, -0.2) is 37.5 Å². The van der Waals surface area contributed by atoms with Crippen LogP contribution in [0.15, 0.2) is 17.0 Å². The maximum absolute atomic E-state index is 12.2. The van der Waals surface area contributed by atoms with Crippen LogP contribution in [0.4, 0.5) is 0 Å². The minimum Gasteiger partial charge on any atom is -0.480 e. The molecule has 0 bridgehead atoms. The molecule has 21 heavy (non-hydrogen) atoms. The fourth-order valence-electron chi connectivity index (χ4n) is 1.43.